The fraction of sp³-hybridized carbons (Fsp3) is 0.222. The van der Waals surface area contributed by atoms with Gasteiger partial charge in [-0.15, -0.1) is 0 Å². The maximum Gasteiger partial charge on any atom is 0.326 e. The van der Waals surface area contributed by atoms with Gasteiger partial charge in [-0.05, 0) is 17.5 Å². The molecule has 0 heterocycles. The topological polar surface area (TPSA) is 144 Å². The number of hydrogen-bond donors (Lipinski definition) is 5. The van der Waals surface area contributed by atoms with E-state index in [4.69, 9.17) is 26.4 Å². The van der Waals surface area contributed by atoms with Gasteiger partial charge in [0.1, 0.15) is 6.04 Å². The van der Waals surface area contributed by atoms with Gasteiger partial charge in [0.15, 0.2) is 6.04 Å². The lowest BCUT2D eigenvalue weighted by Gasteiger charge is -2.15. The zero-order chi connectivity index (χ0) is 19.5. The van der Waals surface area contributed by atoms with Gasteiger partial charge in [-0.25, -0.2) is 0 Å². The highest BCUT2D eigenvalue weighted by Gasteiger charge is 2.23. The number of aliphatic carboxylic acids is 2. The summed E-state index contributed by atoms with van der Waals surface area (Å²) in [6, 6.07) is 16.0. The molecule has 0 bridgehead atoms. The third-order valence-corrected chi connectivity index (χ3v) is 3.45. The van der Waals surface area contributed by atoms with Crippen LogP contribution >= 0.6 is 0 Å². The fourth-order valence-corrected chi connectivity index (χ4v) is 2.06. The Morgan fingerprint density at radius 1 is 0.808 bits per heavy atom. The zero-order valence-corrected chi connectivity index (χ0v) is 14.0. The standard InChI is InChI=1S/C9H11NO4.C9H11NO2/c11-9(12)8(10(13)14)6-7-4-2-1-3-5-7;10-8(9(11)12)6-7-4-2-1-3-5-7/h1-5,8,13-14H,6H2,(H,11,12);1-5,8H,6,10H2,(H,11,12)/t2*8-/m00/s1. The molecular formula is C18H22N2O6. The van der Waals surface area contributed by atoms with E-state index in [0.717, 1.165) is 11.1 Å². The highest BCUT2D eigenvalue weighted by Crippen LogP contribution is 2.06. The average molecular weight is 362 g/mol. The van der Waals surface area contributed by atoms with E-state index in [1.165, 1.54) is 0 Å². The Morgan fingerprint density at radius 3 is 1.58 bits per heavy atom. The minimum absolute atomic E-state index is 0.0448. The molecule has 2 rings (SSSR count). The molecule has 0 aliphatic rings. The number of carboxylic acid groups (broad SMARTS) is 2. The van der Waals surface area contributed by atoms with Crippen LogP contribution in [0.5, 0.6) is 0 Å². The van der Waals surface area contributed by atoms with E-state index >= 15 is 0 Å². The van der Waals surface area contributed by atoms with E-state index in [2.05, 4.69) is 0 Å². The van der Waals surface area contributed by atoms with Crippen LogP contribution in [0.1, 0.15) is 11.1 Å². The predicted octanol–water partition coefficient (Wildman–Crippen LogP) is 1.40. The van der Waals surface area contributed by atoms with Crippen molar-refractivity contribution in [3.05, 3.63) is 71.8 Å². The quantitative estimate of drug-likeness (QED) is 0.465. The molecule has 8 nitrogen and oxygen atoms in total. The van der Waals surface area contributed by atoms with Crippen molar-refractivity contribution in [3.8, 4) is 0 Å². The Hall–Kier alpha value is -2.78. The monoisotopic (exact) mass is 362 g/mol. The largest absolute Gasteiger partial charge is 0.480 e. The van der Waals surface area contributed by atoms with Crippen molar-refractivity contribution in [2.75, 3.05) is 0 Å². The normalized spacial score (nSPS) is 12.6. The molecule has 0 fully saturated rings. The maximum atomic E-state index is 10.6. The van der Waals surface area contributed by atoms with Crippen LogP contribution in [0.2, 0.25) is 0 Å². The van der Waals surface area contributed by atoms with Gasteiger partial charge in [0.25, 0.3) is 0 Å². The minimum Gasteiger partial charge on any atom is -0.480 e. The molecule has 0 aromatic heterocycles. The zero-order valence-electron chi connectivity index (χ0n) is 14.0. The van der Waals surface area contributed by atoms with Crippen LogP contribution in [0.25, 0.3) is 0 Å². The van der Waals surface area contributed by atoms with Crippen LogP contribution < -0.4 is 5.73 Å². The van der Waals surface area contributed by atoms with Gasteiger partial charge in [0, 0.05) is 6.42 Å². The van der Waals surface area contributed by atoms with Gasteiger partial charge < -0.3 is 15.9 Å². The van der Waals surface area contributed by atoms with E-state index in [0.29, 0.717) is 6.42 Å². The van der Waals surface area contributed by atoms with E-state index in [1.54, 1.807) is 30.3 Å². The lowest BCUT2D eigenvalue weighted by Crippen LogP contribution is -2.38. The molecule has 0 saturated carbocycles. The lowest BCUT2D eigenvalue weighted by molar-refractivity contribution is -0.327. The Balaban J connectivity index is 0.000000263. The van der Waals surface area contributed by atoms with Gasteiger partial charge in [0.05, 0.1) is 0 Å². The van der Waals surface area contributed by atoms with Crippen LogP contribution in [-0.4, -0.2) is 49.9 Å². The number of carboxylic acids is 2. The summed E-state index contributed by atoms with van der Waals surface area (Å²) < 4.78 is 0. The summed E-state index contributed by atoms with van der Waals surface area (Å²) in [6.45, 7) is 0. The predicted molar refractivity (Wildman–Crippen MR) is 92.7 cm³/mol. The Bertz CT molecular complexity index is 679. The molecule has 0 radical (unpaired) electrons. The second kappa shape index (κ2) is 11.0. The fourth-order valence-electron chi connectivity index (χ4n) is 2.06. The maximum absolute atomic E-state index is 10.6. The van der Waals surface area contributed by atoms with Crippen molar-refractivity contribution in [2.45, 2.75) is 24.9 Å². The third-order valence-electron chi connectivity index (χ3n) is 3.45. The Labute approximate surface area is 150 Å². The van der Waals surface area contributed by atoms with Gasteiger partial charge >= 0.3 is 11.9 Å². The van der Waals surface area contributed by atoms with Crippen LogP contribution in [-0.2, 0) is 22.4 Å². The Morgan fingerprint density at radius 2 is 1.23 bits per heavy atom. The number of benzene rings is 2. The van der Waals surface area contributed by atoms with E-state index in [1.807, 2.05) is 30.3 Å². The number of nitrogens with two attached hydrogens (primary N) is 1. The molecule has 0 aliphatic carbocycles. The number of carbonyl (C=O) groups is 2. The molecule has 0 spiro atoms. The van der Waals surface area contributed by atoms with Crippen molar-refractivity contribution in [3.63, 3.8) is 0 Å². The van der Waals surface area contributed by atoms with E-state index in [-0.39, 0.29) is 11.6 Å². The molecule has 140 valence electrons. The molecular weight excluding hydrogens is 340 g/mol. The van der Waals surface area contributed by atoms with Gasteiger partial charge in [-0.2, -0.15) is 0 Å². The molecule has 2 aromatic carbocycles. The van der Waals surface area contributed by atoms with Gasteiger partial charge in [-0.3, -0.25) is 20.0 Å². The van der Waals surface area contributed by atoms with E-state index < -0.39 is 24.0 Å². The summed E-state index contributed by atoms with van der Waals surface area (Å²) in [5.74, 6) is -2.24. The first kappa shape index (κ1) is 21.3. The number of nitrogens with zero attached hydrogens (tertiary/aromatic N) is 1. The molecule has 2 aromatic rings. The summed E-state index contributed by atoms with van der Waals surface area (Å²) in [5, 5.41) is 34.2. The number of rotatable bonds is 7. The molecule has 2 atom stereocenters. The molecule has 8 heteroatoms. The Kier molecular flexibility index (Phi) is 8.96. The minimum atomic E-state index is -1.34. The van der Waals surface area contributed by atoms with Crippen LogP contribution in [0.4, 0.5) is 0 Å². The number of hydroxylamine groups is 2. The molecule has 0 saturated heterocycles. The highest BCUT2D eigenvalue weighted by atomic mass is 16.8. The smallest absolute Gasteiger partial charge is 0.326 e. The molecule has 6 N–H and O–H groups in total. The van der Waals surface area contributed by atoms with Gasteiger partial charge in [0.2, 0.25) is 0 Å². The van der Waals surface area contributed by atoms with Crippen molar-refractivity contribution < 1.29 is 30.2 Å². The van der Waals surface area contributed by atoms with Gasteiger partial charge in [-0.1, -0.05) is 65.9 Å². The van der Waals surface area contributed by atoms with Crippen LogP contribution in [0.3, 0.4) is 0 Å². The van der Waals surface area contributed by atoms with Crippen LogP contribution in [0, 0.1) is 0 Å². The number of hydrogen-bond acceptors (Lipinski definition) is 6. The second-order valence-electron chi connectivity index (χ2n) is 5.50. The second-order valence-corrected chi connectivity index (χ2v) is 5.50. The van der Waals surface area contributed by atoms with E-state index in [9.17, 15) is 9.59 Å². The lowest BCUT2D eigenvalue weighted by atomic mass is 10.1. The summed E-state index contributed by atoms with van der Waals surface area (Å²) in [7, 11) is 0. The average Bonchev–Trinajstić information content (AvgIpc) is 2.61. The summed E-state index contributed by atoms with van der Waals surface area (Å²) in [4.78, 5) is 21.0. The molecule has 0 amide bonds. The first-order valence-electron chi connectivity index (χ1n) is 7.77. The molecule has 26 heavy (non-hydrogen) atoms. The third kappa shape index (κ3) is 7.86. The summed E-state index contributed by atoms with van der Waals surface area (Å²) >= 11 is 0. The van der Waals surface area contributed by atoms with Crippen molar-refractivity contribution >= 4 is 11.9 Å². The first-order valence-corrected chi connectivity index (χ1v) is 7.77. The van der Waals surface area contributed by atoms with Crippen molar-refractivity contribution in [1.29, 1.82) is 0 Å². The first-order chi connectivity index (χ1) is 12.3. The van der Waals surface area contributed by atoms with Crippen LogP contribution in [0.15, 0.2) is 60.7 Å². The highest BCUT2D eigenvalue weighted by molar-refractivity contribution is 5.73. The molecule has 0 unspecified atom stereocenters. The van der Waals surface area contributed by atoms with Crippen molar-refractivity contribution in [1.82, 2.24) is 5.23 Å². The SMILES string of the molecule is N[C@@H](Cc1ccccc1)C(=O)O.O=C(O)[C@H](Cc1ccccc1)N(O)O. The van der Waals surface area contributed by atoms with Crippen molar-refractivity contribution in [2.24, 2.45) is 5.73 Å². The summed E-state index contributed by atoms with van der Waals surface area (Å²) in [5.41, 5.74) is 7.03. The summed E-state index contributed by atoms with van der Waals surface area (Å²) in [6.07, 6.45) is 0.430. The molecule has 0 aliphatic heterocycles.